The number of rotatable bonds is 4. The van der Waals surface area contributed by atoms with Gasteiger partial charge >= 0.3 is 0 Å². The molecule has 9 rings (SSSR count). The molecule has 4 aromatic carbocycles. The number of hydrogen-bond donors (Lipinski definition) is 2. The molecule has 5 heterocycles. The first kappa shape index (κ1) is 28.5. The van der Waals surface area contributed by atoms with Crippen molar-refractivity contribution < 1.29 is 0 Å². The van der Waals surface area contributed by atoms with Crippen LogP contribution in [0.2, 0.25) is 0 Å². The minimum Gasteiger partial charge on any atom is -0.397 e. The molecule has 0 atom stereocenters. The maximum atomic E-state index is 6.99. The van der Waals surface area contributed by atoms with Crippen molar-refractivity contribution in [2.24, 2.45) is 5.73 Å². The lowest BCUT2D eigenvalue weighted by molar-refractivity contribution is 1.17. The Morgan fingerprint density at radius 1 is 0.490 bits per heavy atom. The fourth-order valence-electron chi connectivity index (χ4n) is 6.92. The Morgan fingerprint density at radius 3 is 1.61 bits per heavy atom. The average Bonchev–Trinajstić information content (AvgIpc) is 3.93. The van der Waals surface area contributed by atoms with Crippen LogP contribution in [0.1, 0.15) is 22.8 Å². The highest BCUT2D eigenvalue weighted by atomic mass is 15.0. The van der Waals surface area contributed by atoms with Gasteiger partial charge in [-0.3, -0.25) is 0 Å². The smallest absolute Gasteiger partial charge is 0.0966 e. The van der Waals surface area contributed by atoms with Crippen molar-refractivity contribution in [1.82, 2.24) is 19.5 Å². The molecule has 0 saturated heterocycles. The van der Waals surface area contributed by atoms with Crippen molar-refractivity contribution >= 4 is 46.0 Å². The van der Waals surface area contributed by atoms with Crippen molar-refractivity contribution in [3.63, 3.8) is 0 Å². The van der Waals surface area contributed by atoms with Crippen LogP contribution in [0.4, 0.5) is 0 Å². The lowest BCUT2D eigenvalue weighted by Gasteiger charge is -2.14. The number of aromatic amines is 1. The second kappa shape index (κ2) is 11.8. The monoisotopic (exact) mass is 629 g/mol. The van der Waals surface area contributed by atoms with Gasteiger partial charge in [0.05, 0.1) is 39.5 Å². The first-order valence-corrected chi connectivity index (χ1v) is 16.4. The van der Waals surface area contributed by atoms with Gasteiger partial charge in [-0.15, -0.1) is 0 Å². The number of aromatic nitrogens is 4. The second-order valence-electron chi connectivity index (χ2n) is 12.2. The highest BCUT2D eigenvalue weighted by Gasteiger charge is 2.26. The van der Waals surface area contributed by atoms with Crippen LogP contribution in [0.15, 0.2) is 152 Å². The first-order valence-electron chi connectivity index (χ1n) is 16.4. The number of fused-ring (bicyclic) bond motifs is 8. The maximum absolute atomic E-state index is 6.99. The van der Waals surface area contributed by atoms with Crippen molar-refractivity contribution in [3.05, 3.63) is 174 Å². The van der Waals surface area contributed by atoms with E-state index in [4.69, 9.17) is 15.7 Å². The predicted molar refractivity (Wildman–Crippen MR) is 203 cm³/mol. The quantitative estimate of drug-likeness (QED) is 0.203. The summed E-state index contributed by atoms with van der Waals surface area (Å²) < 4.78 is 2.37. The van der Waals surface area contributed by atoms with Crippen molar-refractivity contribution in [2.45, 2.75) is 0 Å². The third-order valence-corrected chi connectivity index (χ3v) is 9.01. The van der Waals surface area contributed by atoms with Gasteiger partial charge in [0.15, 0.2) is 0 Å². The SMILES string of the molecule is NC1=Cc2cc3ccc(cc4nc(cc5c(-c6ccccc6)c(-c6ccccc6)c(c(-c6ccccc6)c1n2)n5-c1ccccc1)C=C4)[nH]3. The van der Waals surface area contributed by atoms with Crippen LogP contribution in [-0.2, 0) is 0 Å². The Kier molecular flexibility index (Phi) is 6.87. The van der Waals surface area contributed by atoms with Gasteiger partial charge in [0.2, 0.25) is 0 Å². The third kappa shape index (κ3) is 5.14. The predicted octanol–water partition coefficient (Wildman–Crippen LogP) is 10.4. The van der Waals surface area contributed by atoms with E-state index >= 15 is 0 Å². The van der Waals surface area contributed by atoms with Crippen LogP contribution in [0, 0.1) is 0 Å². The van der Waals surface area contributed by atoms with Crippen LogP contribution in [0.5, 0.6) is 0 Å². The number of nitrogens with two attached hydrogens (primary N) is 1. The zero-order chi connectivity index (χ0) is 32.7. The molecule has 2 aliphatic heterocycles. The number of nitrogens with one attached hydrogen (secondary N) is 1. The van der Waals surface area contributed by atoms with E-state index in [0.29, 0.717) is 5.70 Å². The van der Waals surface area contributed by atoms with E-state index in [9.17, 15) is 0 Å². The lowest BCUT2D eigenvalue weighted by atomic mass is 9.93. The molecule has 5 heteroatoms. The van der Waals surface area contributed by atoms with Crippen LogP contribution in [-0.4, -0.2) is 19.5 Å². The fraction of sp³-hybridized carbons (Fsp3) is 0. The lowest BCUT2D eigenvalue weighted by Crippen LogP contribution is -2.01. The molecule has 0 saturated carbocycles. The first-order chi connectivity index (χ1) is 24.2. The minimum absolute atomic E-state index is 0.612. The van der Waals surface area contributed by atoms with Gasteiger partial charge in [0.25, 0.3) is 0 Å². The zero-order valence-electron chi connectivity index (χ0n) is 26.6. The molecule has 0 radical (unpaired) electrons. The summed E-state index contributed by atoms with van der Waals surface area (Å²) in [4.78, 5) is 13.8. The molecule has 0 spiro atoms. The summed E-state index contributed by atoms with van der Waals surface area (Å²) in [7, 11) is 0. The van der Waals surface area contributed by atoms with E-state index in [-0.39, 0.29) is 0 Å². The Morgan fingerprint density at radius 2 is 1.00 bits per heavy atom. The summed E-state index contributed by atoms with van der Waals surface area (Å²) in [6.07, 6.45) is 6.12. The van der Waals surface area contributed by atoms with Gasteiger partial charge in [-0.05, 0) is 77.4 Å². The molecule has 3 N–H and O–H groups in total. The summed E-state index contributed by atoms with van der Waals surface area (Å²) in [5, 5.41) is 0. The molecular formula is C44H31N5. The molecule has 2 aliphatic rings. The number of para-hydroxylation sites is 1. The Hall–Kier alpha value is -6.72. The standard InChI is InChI=1S/C44H31N5/c45-38-27-36-26-34-22-21-32(46-34)25-33-23-24-35(47-33)28-39-40(29-13-5-1-6-14-29)41(30-15-7-2-8-16-30)44(49(39)37-19-11-4-12-20-37)42(43(38)48-36)31-17-9-3-10-18-31/h1-28,46H,45H2. The molecule has 232 valence electrons. The summed E-state index contributed by atoms with van der Waals surface area (Å²) in [6, 6.07) is 52.7. The van der Waals surface area contributed by atoms with E-state index in [0.717, 1.165) is 83.9 Å². The molecule has 0 fully saturated rings. The van der Waals surface area contributed by atoms with E-state index in [1.807, 2.05) is 18.2 Å². The van der Waals surface area contributed by atoms with Gasteiger partial charge in [-0.25, -0.2) is 9.97 Å². The highest BCUT2D eigenvalue weighted by Crippen LogP contribution is 2.47. The minimum atomic E-state index is 0.612. The molecule has 0 unspecified atom stereocenters. The van der Waals surface area contributed by atoms with Crippen LogP contribution in [0.3, 0.4) is 0 Å². The van der Waals surface area contributed by atoms with Crippen molar-refractivity contribution in [2.75, 3.05) is 0 Å². The summed E-state index contributed by atoms with van der Waals surface area (Å²) in [5.41, 5.74) is 22.1. The molecule has 7 aromatic rings. The third-order valence-electron chi connectivity index (χ3n) is 9.01. The van der Waals surface area contributed by atoms with E-state index in [1.165, 1.54) is 0 Å². The second-order valence-corrected chi connectivity index (χ2v) is 12.2. The van der Waals surface area contributed by atoms with E-state index in [1.54, 1.807) is 0 Å². The topological polar surface area (TPSA) is 72.5 Å². The number of H-pyrrole nitrogens is 1. The summed E-state index contributed by atoms with van der Waals surface area (Å²) in [6.45, 7) is 0. The molecule has 0 amide bonds. The van der Waals surface area contributed by atoms with Crippen LogP contribution < -0.4 is 5.73 Å². The van der Waals surface area contributed by atoms with Gasteiger partial charge in [0, 0.05) is 33.4 Å². The normalized spacial score (nSPS) is 12.2. The number of hydrogen-bond acceptors (Lipinski definition) is 3. The average molecular weight is 630 g/mol. The Labute approximate surface area is 284 Å². The van der Waals surface area contributed by atoms with Crippen molar-refractivity contribution in [1.29, 1.82) is 0 Å². The van der Waals surface area contributed by atoms with Crippen molar-refractivity contribution in [3.8, 4) is 39.1 Å². The zero-order valence-corrected chi connectivity index (χ0v) is 26.6. The molecule has 5 nitrogen and oxygen atoms in total. The Balaban J connectivity index is 1.63. The maximum Gasteiger partial charge on any atom is 0.0966 e. The summed E-state index contributed by atoms with van der Waals surface area (Å²) in [5.74, 6) is 0. The molecule has 0 aliphatic carbocycles. The molecule has 8 bridgehead atoms. The highest BCUT2D eigenvalue weighted by molar-refractivity contribution is 6.11. The van der Waals surface area contributed by atoms with Crippen LogP contribution >= 0.6 is 0 Å². The van der Waals surface area contributed by atoms with Gasteiger partial charge in [-0.2, -0.15) is 0 Å². The number of benzene rings is 4. The van der Waals surface area contributed by atoms with Gasteiger partial charge < -0.3 is 15.3 Å². The summed E-state index contributed by atoms with van der Waals surface area (Å²) >= 11 is 0. The van der Waals surface area contributed by atoms with Gasteiger partial charge in [-0.1, -0.05) is 109 Å². The van der Waals surface area contributed by atoms with E-state index < -0.39 is 0 Å². The van der Waals surface area contributed by atoms with Gasteiger partial charge in [0.1, 0.15) is 0 Å². The van der Waals surface area contributed by atoms with E-state index in [2.05, 4.69) is 161 Å². The fourth-order valence-corrected chi connectivity index (χ4v) is 6.92. The Bertz CT molecular complexity index is 2580. The largest absolute Gasteiger partial charge is 0.397 e. The molecule has 49 heavy (non-hydrogen) atoms. The number of nitrogens with zero attached hydrogens (tertiary/aromatic N) is 3. The molecular weight excluding hydrogens is 599 g/mol. The molecule has 3 aromatic heterocycles. The van der Waals surface area contributed by atoms with Crippen LogP contribution in [0.25, 0.3) is 85.1 Å².